The molecule has 5 nitrogen and oxygen atoms in total. The highest BCUT2D eigenvalue weighted by Crippen LogP contribution is 2.23. The summed E-state index contributed by atoms with van der Waals surface area (Å²) in [5.41, 5.74) is 4.69. The number of nitrogens with two attached hydrogens (primary N) is 1. The molecule has 3 aromatic rings. The van der Waals surface area contributed by atoms with Crippen LogP contribution in [0.25, 0.3) is 10.9 Å². The minimum atomic E-state index is -0.283. The van der Waals surface area contributed by atoms with Crippen molar-refractivity contribution >= 4 is 28.1 Å². The standard InChI is InChI=1S/C15H12N4OS/c16-8-10-2-1-3-13-12(10)4-6-19(13)9-11-5-7-21-14(11)15(20)18-17/h1-7H,9,17H2,(H,18,20). The van der Waals surface area contributed by atoms with Crippen molar-refractivity contribution in [1.29, 1.82) is 5.26 Å². The number of thiophene rings is 1. The highest BCUT2D eigenvalue weighted by Gasteiger charge is 2.13. The van der Waals surface area contributed by atoms with Gasteiger partial charge in [0.1, 0.15) is 0 Å². The van der Waals surface area contributed by atoms with Crippen LogP contribution in [-0.4, -0.2) is 10.5 Å². The van der Waals surface area contributed by atoms with E-state index >= 15 is 0 Å². The molecule has 0 aliphatic heterocycles. The second-order valence-electron chi connectivity index (χ2n) is 4.54. The molecule has 0 atom stereocenters. The van der Waals surface area contributed by atoms with Crippen molar-refractivity contribution in [2.24, 2.45) is 5.84 Å². The normalized spacial score (nSPS) is 10.5. The molecule has 3 rings (SSSR count). The zero-order chi connectivity index (χ0) is 14.8. The van der Waals surface area contributed by atoms with Gasteiger partial charge in [0.2, 0.25) is 0 Å². The number of carbonyl (C=O) groups is 1. The van der Waals surface area contributed by atoms with Gasteiger partial charge in [0, 0.05) is 23.6 Å². The van der Waals surface area contributed by atoms with E-state index in [0.717, 1.165) is 16.5 Å². The maximum absolute atomic E-state index is 11.7. The maximum Gasteiger partial charge on any atom is 0.275 e. The van der Waals surface area contributed by atoms with E-state index in [1.807, 2.05) is 40.4 Å². The summed E-state index contributed by atoms with van der Waals surface area (Å²) in [6.45, 7) is 0.560. The van der Waals surface area contributed by atoms with Crippen molar-refractivity contribution in [3.63, 3.8) is 0 Å². The molecule has 3 N–H and O–H groups in total. The van der Waals surface area contributed by atoms with E-state index in [9.17, 15) is 4.79 Å². The van der Waals surface area contributed by atoms with E-state index in [4.69, 9.17) is 11.1 Å². The van der Waals surface area contributed by atoms with Gasteiger partial charge in [0.15, 0.2) is 0 Å². The van der Waals surface area contributed by atoms with Crippen molar-refractivity contribution in [2.75, 3.05) is 0 Å². The van der Waals surface area contributed by atoms with E-state index in [1.54, 1.807) is 6.07 Å². The molecule has 0 saturated carbocycles. The number of nitrogen functional groups attached to an aromatic ring is 1. The number of hydrogen-bond donors (Lipinski definition) is 2. The van der Waals surface area contributed by atoms with Crippen LogP contribution in [-0.2, 0) is 6.54 Å². The predicted molar refractivity (Wildman–Crippen MR) is 81.7 cm³/mol. The van der Waals surface area contributed by atoms with Crippen LogP contribution in [0, 0.1) is 11.3 Å². The van der Waals surface area contributed by atoms with Crippen LogP contribution in [0.15, 0.2) is 41.9 Å². The number of nitrogens with one attached hydrogen (secondary N) is 1. The van der Waals surface area contributed by atoms with E-state index in [-0.39, 0.29) is 5.91 Å². The summed E-state index contributed by atoms with van der Waals surface area (Å²) in [7, 11) is 0. The summed E-state index contributed by atoms with van der Waals surface area (Å²) >= 11 is 1.36. The first-order chi connectivity index (χ1) is 10.2. The third kappa shape index (κ3) is 2.29. The van der Waals surface area contributed by atoms with Gasteiger partial charge >= 0.3 is 0 Å². The Morgan fingerprint density at radius 2 is 2.24 bits per heavy atom. The monoisotopic (exact) mass is 296 g/mol. The van der Waals surface area contributed by atoms with Crippen LogP contribution in [0.5, 0.6) is 0 Å². The molecule has 0 aliphatic carbocycles. The number of carbonyl (C=O) groups excluding carboxylic acids is 1. The topological polar surface area (TPSA) is 83.8 Å². The molecule has 0 bridgehead atoms. The molecule has 0 aliphatic rings. The van der Waals surface area contributed by atoms with Crippen LogP contribution in [0.4, 0.5) is 0 Å². The molecule has 2 aromatic heterocycles. The fraction of sp³-hybridized carbons (Fsp3) is 0.0667. The van der Waals surface area contributed by atoms with Gasteiger partial charge in [-0.25, -0.2) is 5.84 Å². The van der Waals surface area contributed by atoms with Crippen LogP contribution in [0.1, 0.15) is 20.8 Å². The van der Waals surface area contributed by atoms with Gasteiger partial charge in [-0.2, -0.15) is 5.26 Å². The van der Waals surface area contributed by atoms with Gasteiger partial charge in [0.05, 0.1) is 16.5 Å². The molecule has 0 unspecified atom stereocenters. The minimum absolute atomic E-state index is 0.283. The zero-order valence-corrected chi connectivity index (χ0v) is 11.9. The fourth-order valence-corrected chi connectivity index (χ4v) is 3.19. The number of fused-ring (bicyclic) bond motifs is 1. The van der Waals surface area contributed by atoms with Gasteiger partial charge in [0.25, 0.3) is 5.91 Å². The first kappa shape index (κ1) is 13.4. The summed E-state index contributed by atoms with van der Waals surface area (Å²) in [5, 5.41) is 11.9. The summed E-state index contributed by atoms with van der Waals surface area (Å²) in [5.74, 6) is 4.92. The third-order valence-corrected chi connectivity index (χ3v) is 4.31. The number of nitrogens with zero attached hydrogens (tertiary/aromatic N) is 2. The number of aromatic nitrogens is 1. The lowest BCUT2D eigenvalue weighted by molar-refractivity contribution is 0.0957. The average Bonchev–Trinajstić information content (AvgIpc) is 3.14. The first-order valence-electron chi connectivity index (χ1n) is 6.30. The summed E-state index contributed by atoms with van der Waals surface area (Å²) in [6.07, 6.45) is 1.92. The van der Waals surface area contributed by atoms with Crippen molar-refractivity contribution < 1.29 is 4.79 Å². The zero-order valence-electron chi connectivity index (χ0n) is 11.0. The van der Waals surface area contributed by atoms with Gasteiger partial charge in [-0.1, -0.05) is 6.07 Å². The summed E-state index contributed by atoms with van der Waals surface area (Å²) < 4.78 is 2.02. The molecular formula is C15H12N4OS. The van der Waals surface area contributed by atoms with Crippen LogP contribution in [0.3, 0.4) is 0 Å². The maximum atomic E-state index is 11.7. The number of hydrazine groups is 1. The Balaban J connectivity index is 2.02. The molecule has 6 heteroatoms. The minimum Gasteiger partial charge on any atom is -0.343 e. The van der Waals surface area contributed by atoms with Crippen molar-refractivity contribution in [3.8, 4) is 6.07 Å². The van der Waals surface area contributed by atoms with Gasteiger partial charge in [-0.3, -0.25) is 10.2 Å². The second-order valence-corrected chi connectivity index (χ2v) is 5.46. The number of hydrogen-bond acceptors (Lipinski definition) is 4. The second kappa shape index (κ2) is 5.40. The molecule has 0 saturated heterocycles. The van der Waals surface area contributed by atoms with Gasteiger partial charge in [-0.05, 0) is 35.2 Å². The highest BCUT2D eigenvalue weighted by molar-refractivity contribution is 7.12. The number of amides is 1. The van der Waals surface area contributed by atoms with E-state index in [1.165, 1.54) is 11.3 Å². The summed E-state index contributed by atoms with van der Waals surface area (Å²) in [6, 6.07) is 11.6. The molecule has 0 radical (unpaired) electrons. The Bertz CT molecular complexity index is 856. The summed E-state index contributed by atoms with van der Waals surface area (Å²) in [4.78, 5) is 12.3. The van der Waals surface area contributed by atoms with Crippen molar-refractivity contribution in [2.45, 2.75) is 6.54 Å². The van der Waals surface area contributed by atoms with E-state index in [2.05, 4.69) is 11.5 Å². The Morgan fingerprint density at radius 3 is 3.00 bits per heavy atom. The predicted octanol–water partition coefficient (Wildman–Crippen LogP) is 2.23. The van der Waals surface area contributed by atoms with Crippen molar-refractivity contribution in [3.05, 3.63) is 57.9 Å². The molecule has 0 fully saturated rings. The lowest BCUT2D eigenvalue weighted by atomic mass is 10.1. The van der Waals surface area contributed by atoms with Gasteiger partial charge in [-0.15, -0.1) is 11.3 Å². The lowest BCUT2D eigenvalue weighted by Gasteiger charge is -2.06. The smallest absolute Gasteiger partial charge is 0.275 e. The first-order valence-corrected chi connectivity index (χ1v) is 7.18. The molecule has 1 aromatic carbocycles. The molecular weight excluding hydrogens is 284 g/mol. The number of nitriles is 1. The quantitative estimate of drug-likeness (QED) is 0.441. The number of rotatable bonds is 3. The highest BCUT2D eigenvalue weighted by atomic mass is 32.1. The molecule has 2 heterocycles. The largest absolute Gasteiger partial charge is 0.343 e. The van der Waals surface area contributed by atoms with Crippen LogP contribution < -0.4 is 11.3 Å². The van der Waals surface area contributed by atoms with Gasteiger partial charge < -0.3 is 4.57 Å². The molecule has 21 heavy (non-hydrogen) atoms. The average molecular weight is 296 g/mol. The Hall–Kier alpha value is -2.62. The Labute approximate surface area is 125 Å². The molecule has 0 spiro atoms. The molecule has 104 valence electrons. The van der Waals surface area contributed by atoms with Crippen LogP contribution >= 0.6 is 11.3 Å². The van der Waals surface area contributed by atoms with Crippen LogP contribution in [0.2, 0.25) is 0 Å². The fourth-order valence-electron chi connectivity index (χ4n) is 2.37. The van der Waals surface area contributed by atoms with E-state index < -0.39 is 0 Å². The lowest BCUT2D eigenvalue weighted by Crippen LogP contribution is -2.30. The Morgan fingerprint density at radius 1 is 1.38 bits per heavy atom. The van der Waals surface area contributed by atoms with Crippen molar-refractivity contribution in [1.82, 2.24) is 9.99 Å². The van der Waals surface area contributed by atoms with E-state index in [0.29, 0.717) is 17.0 Å². The third-order valence-electron chi connectivity index (χ3n) is 3.36. The molecule has 1 amide bonds. The Kier molecular flexibility index (Phi) is 3.44. The SMILES string of the molecule is N#Cc1cccc2c1ccn2Cc1ccsc1C(=O)NN. The number of benzene rings is 1.